The number of hydrogen-bond acceptors (Lipinski definition) is 4. The van der Waals surface area contributed by atoms with Gasteiger partial charge in [-0.3, -0.25) is 9.89 Å². The minimum absolute atomic E-state index is 0.0563. The first kappa shape index (κ1) is 15.6. The van der Waals surface area contributed by atoms with Gasteiger partial charge in [-0.25, -0.2) is 4.98 Å². The Morgan fingerprint density at radius 3 is 2.71 bits per heavy atom. The molecule has 0 aliphatic rings. The maximum absolute atomic E-state index is 11.9. The first-order valence-electron chi connectivity index (χ1n) is 6.88. The zero-order valence-corrected chi connectivity index (χ0v) is 13.5. The molecule has 1 aromatic carbocycles. The molecule has 112 valence electrons. The van der Waals surface area contributed by atoms with Crippen LogP contribution in [0.15, 0.2) is 23.4 Å². The minimum Gasteiger partial charge on any atom is -0.325 e. The molecule has 0 aliphatic heterocycles. The van der Waals surface area contributed by atoms with Crippen LogP contribution in [0.4, 0.5) is 5.69 Å². The number of aromatic nitrogens is 3. The van der Waals surface area contributed by atoms with E-state index in [9.17, 15) is 4.79 Å². The Bertz CT molecular complexity index is 636. The lowest BCUT2D eigenvalue weighted by Crippen LogP contribution is -2.14. The van der Waals surface area contributed by atoms with Gasteiger partial charge in [0.1, 0.15) is 5.82 Å². The molecule has 5 nitrogen and oxygen atoms in total. The zero-order chi connectivity index (χ0) is 15.4. The first-order chi connectivity index (χ1) is 9.95. The van der Waals surface area contributed by atoms with Crippen molar-refractivity contribution in [1.29, 1.82) is 0 Å². The number of H-pyrrole nitrogens is 1. The van der Waals surface area contributed by atoms with E-state index in [0.29, 0.717) is 16.8 Å². The standard InChI is InChI=1S/C15H20N4OS/c1-9(2)14-17-15(19-18-14)21-8-13(20)16-12-6-5-10(3)11(4)7-12/h5-7,9H,8H2,1-4H3,(H,16,20)(H,17,18,19). The number of benzene rings is 1. The summed E-state index contributed by atoms with van der Waals surface area (Å²) in [6.45, 7) is 8.16. The van der Waals surface area contributed by atoms with Crippen molar-refractivity contribution in [3.8, 4) is 0 Å². The van der Waals surface area contributed by atoms with Crippen LogP contribution < -0.4 is 5.32 Å². The van der Waals surface area contributed by atoms with Crippen LogP contribution in [0.5, 0.6) is 0 Å². The molecule has 1 aromatic heterocycles. The van der Waals surface area contributed by atoms with Crippen LogP contribution in [0.1, 0.15) is 36.7 Å². The monoisotopic (exact) mass is 304 g/mol. The summed E-state index contributed by atoms with van der Waals surface area (Å²) in [4.78, 5) is 16.3. The van der Waals surface area contributed by atoms with E-state index in [1.807, 2.05) is 45.9 Å². The molecule has 1 heterocycles. The number of rotatable bonds is 5. The van der Waals surface area contributed by atoms with Crippen molar-refractivity contribution < 1.29 is 4.79 Å². The number of thioether (sulfide) groups is 1. The van der Waals surface area contributed by atoms with E-state index in [2.05, 4.69) is 20.5 Å². The van der Waals surface area contributed by atoms with Gasteiger partial charge in [-0.1, -0.05) is 31.7 Å². The van der Waals surface area contributed by atoms with Crippen LogP contribution in [0.2, 0.25) is 0 Å². The molecule has 0 unspecified atom stereocenters. The van der Waals surface area contributed by atoms with Gasteiger partial charge in [0.2, 0.25) is 11.1 Å². The van der Waals surface area contributed by atoms with Crippen molar-refractivity contribution in [2.45, 2.75) is 38.8 Å². The van der Waals surface area contributed by atoms with Gasteiger partial charge in [0.25, 0.3) is 0 Å². The van der Waals surface area contributed by atoms with E-state index in [1.54, 1.807) is 0 Å². The Labute approximate surface area is 128 Å². The third-order valence-corrected chi connectivity index (χ3v) is 4.00. The summed E-state index contributed by atoms with van der Waals surface area (Å²) in [6, 6.07) is 5.89. The lowest BCUT2D eigenvalue weighted by molar-refractivity contribution is -0.113. The molecule has 0 spiro atoms. The summed E-state index contributed by atoms with van der Waals surface area (Å²) in [7, 11) is 0. The second-order valence-corrected chi connectivity index (χ2v) is 6.24. The van der Waals surface area contributed by atoms with Crippen molar-refractivity contribution in [1.82, 2.24) is 15.2 Å². The molecule has 2 N–H and O–H groups in total. The van der Waals surface area contributed by atoms with Gasteiger partial charge in [0.05, 0.1) is 5.75 Å². The Morgan fingerprint density at radius 2 is 2.10 bits per heavy atom. The molecular formula is C15H20N4OS. The molecule has 1 amide bonds. The Morgan fingerprint density at radius 1 is 1.33 bits per heavy atom. The molecule has 0 fully saturated rings. The molecule has 0 bridgehead atoms. The van der Waals surface area contributed by atoms with Gasteiger partial charge in [-0.2, -0.15) is 0 Å². The lowest BCUT2D eigenvalue weighted by Gasteiger charge is -2.06. The third kappa shape index (κ3) is 4.32. The second-order valence-electron chi connectivity index (χ2n) is 5.29. The number of amides is 1. The average molecular weight is 304 g/mol. The largest absolute Gasteiger partial charge is 0.325 e. The number of hydrogen-bond donors (Lipinski definition) is 2. The number of carbonyl (C=O) groups is 1. The fourth-order valence-corrected chi connectivity index (χ4v) is 2.33. The summed E-state index contributed by atoms with van der Waals surface area (Å²) in [5.74, 6) is 1.38. The van der Waals surface area contributed by atoms with Gasteiger partial charge in [0, 0.05) is 11.6 Å². The average Bonchev–Trinajstić information content (AvgIpc) is 2.90. The molecule has 2 rings (SSSR count). The predicted molar refractivity (Wildman–Crippen MR) is 85.7 cm³/mol. The minimum atomic E-state index is -0.0563. The van der Waals surface area contributed by atoms with E-state index in [1.165, 1.54) is 17.3 Å². The van der Waals surface area contributed by atoms with Crippen molar-refractivity contribution in [3.63, 3.8) is 0 Å². The Kier molecular flexibility index (Phi) is 5.01. The maximum atomic E-state index is 11.9. The van der Waals surface area contributed by atoms with E-state index in [-0.39, 0.29) is 5.91 Å². The lowest BCUT2D eigenvalue weighted by atomic mass is 10.1. The van der Waals surface area contributed by atoms with E-state index in [0.717, 1.165) is 17.1 Å². The maximum Gasteiger partial charge on any atom is 0.234 e. The number of aromatic amines is 1. The highest BCUT2D eigenvalue weighted by Gasteiger charge is 2.10. The second kappa shape index (κ2) is 6.76. The van der Waals surface area contributed by atoms with Crippen molar-refractivity contribution in [2.75, 3.05) is 11.1 Å². The highest BCUT2D eigenvalue weighted by molar-refractivity contribution is 7.99. The first-order valence-corrected chi connectivity index (χ1v) is 7.86. The van der Waals surface area contributed by atoms with E-state index >= 15 is 0 Å². The van der Waals surface area contributed by atoms with Gasteiger partial charge in [-0.15, -0.1) is 5.10 Å². The SMILES string of the molecule is Cc1ccc(NC(=O)CSc2n[nH]c(C(C)C)n2)cc1C. The van der Waals surface area contributed by atoms with E-state index in [4.69, 9.17) is 0 Å². The fourth-order valence-electron chi connectivity index (χ4n) is 1.73. The summed E-state index contributed by atoms with van der Waals surface area (Å²) < 4.78 is 0. The molecule has 0 aliphatic carbocycles. The van der Waals surface area contributed by atoms with Gasteiger partial charge < -0.3 is 5.32 Å². The van der Waals surface area contributed by atoms with Crippen molar-refractivity contribution in [2.24, 2.45) is 0 Å². The molecule has 21 heavy (non-hydrogen) atoms. The number of carbonyl (C=O) groups excluding carboxylic acids is 1. The fraction of sp³-hybridized carbons (Fsp3) is 0.400. The predicted octanol–water partition coefficient (Wildman–Crippen LogP) is 3.28. The molecule has 2 aromatic rings. The quantitative estimate of drug-likeness (QED) is 0.832. The highest BCUT2D eigenvalue weighted by Crippen LogP contribution is 2.18. The smallest absolute Gasteiger partial charge is 0.234 e. The highest BCUT2D eigenvalue weighted by atomic mass is 32.2. The number of anilines is 1. The summed E-state index contributed by atoms with van der Waals surface area (Å²) >= 11 is 1.33. The van der Waals surface area contributed by atoms with Crippen LogP contribution in [-0.4, -0.2) is 26.8 Å². The van der Waals surface area contributed by atoms with Crippen LogP contribution in [0, 0.1) is 13.8 Å². The molecule has 0 saturated heterocycles. The number of nitrogens with zero attached hydrogens (tertiary/aromatic N) is 2. The van der Waals surface area contributed by atoms with Crippen LogP contribution >= 0.6 is 11.8 Å². The molecule has 0 saturated carbocycles. The van der Waals surface area contributed by atoms with Crippen LogP contribution in [0.3, 0.4) is 0 Å². The molecular weight excluding hydrogens is 284 g/mol. The van der Waals surface area contributed by atoms with Gasteiger partial charge in [-0.05, 0) is 37.1 Å². The Balaban J connectivity index is 1.88. The molecule has 0 atom stereocenters. The van der Waals surface area contributed by atoms with Crippen LogP contribution in [0.25, 0.3) is 0 Å². The summed E-state index contributed by atoms with van der Waals surface area (Å²) in [5.41, 5.74) is 3.20. The van der Waals surface area contributed by atoms with E-state index < -0.39 is 0 Å². The third-order valence-electron chi connectivity index (χ3n) is 3.15. The van der Waals surface area contributed by atoms with Gasteiger partial charge >= 0.3 is 0 Å². The topological polar surface area (TPSA) is 70.7 Å². The van der Waals surface area contributed by atoms with Gasteiger partial charge in [0.15, 0.2) is 0 Å². The summed E-state index contributed by atoms with van der Waals surface area (Å²) in [6.07, 6.45) is 0. The van der Waals surface area contributed by atoms with Crippen molar-refractivity contribution >= 4 is 23.4 Å². The van der Waals surface area contributed by atoms with Crippen molar-refractivity contribution in [3.05, 3.63) is 35.2 Å². The summed E-state index contributed by atoms with van der Waals surface area (Å²) in [5, 5.41) is 10.5. The normalized spacial score (nSPS) is 10.9. The zero-order valence-electron chi connectivity index (χ0n) is 12.7. The number of nitrogens with one attached hydrogen (secondary N) is 2. The number of aryl methyl sites for hydroxylation is 2. The molecule has 0 radical (unpaired) electrons. The Hall–Kier alpha value is -1.82. The molecule has 6 heteroatoms. The van der Waals surface area contributed by atoms with Crippen LogP contribution in [-0.2, 0) is 4.79 Å².